The molecule has 2 aromatic rings. The molecule has 0 aromatic heterocycles. The number of nitrogens with zero attached hydrogens (tertiary/aromatic N) is 1. The summed E-state index contributed by atoms with van der Waals surface area (Å²) in [4.78, 5) is 26.0. The number of hydrogen-bond donors (Lipinski definition) is 1. The fourth-order valence-electron chi connectivity index (χ4n) is 2.62. The normalized spacial score (nSPS) is 18.8. The zero-order valence-corrected chi connectivity index (χ0v) is 13.0. The van der Waals surface area contributed by atoms with Crippen molar-refractivity contribution in [2.24, 2.45) is 11.8 Å². The van der Waals surface area contributed by atoms with E-state index in [1.54, 1.807) is 19.2 Å². The Labute approximate surface area is 138 Å². The number of nitrogens with one attached hydrogen (secondary N) is 1. The second-order valence-electron chi connectivity index (χ2n) is 5.77. The van der Waals surface area contributed by atoms with E-state index in [1.807, 2.05) is 18.2 Å². The number of halogens is 2. The highest BCUT2D eigenvalue weighted by atomic mass is 19.1. The topological polar surface area (TPSA) is 49.4 Å². The maximum absolute atomic E-state index is 13.6. The van der Waals surface area contributed by atoms with E-state index < -0.39 is 35.1 Å². The van der Waals surface area contributed by atoms with Gasteiger partial charge in [-0.3, -0.25) is 9.59 Å². The minimum Gasteiger partial charge on any atom is -0.321 e. The molecule has 24 heavy (non-hydrogen) atoms. The monoisotopic (exact) mass is 330 g/mol. The molecule has 1 N–H and O–H groups in total. The third-order valence-corrected chi connectivity index (χ3v) is 4.13. The average molecular weight is 330 g/mol. The van der Waals surface area contributed by atoms with Crippen LogP contribution in [0, 0.1) is 23.5 Å². The van der Waals surface area contributed by atoms with Crippen molar-refractivity contribution in [3.05, 3.63) is 60.2 Å². The van der Waals surface area contributed by atoms with Crippen molar-refractivity contribution in [2.75, 3.05) is 17.3 Å². The average Bonchev–Trinajstić information content (AvgIpc) is 3.38. The molecule has 2 atom stereocenters. The van der Waals surface area contributed by atoms with Crippen LogP contribution in [0.5, 0.6) is 0 Å². The SMILES string of the molecule is CN(C(=O)C1CC1C(=O)Nc1c(F)cccc1F)c1ccccc1. The van der Waals surface area contributed by atoms with Gasteiger partial charge < -0.3 is 10.2 Å². The van der Waals surface area contributed by atoms with Gasteiger partial charge in [-0.05, 0) is 30.7 Å². The second-order valence-corrected chi connectivity index (χ2v) is 5.77. The summed E-state index contributed by atoms with van der Waals surface area (Å²) in [5, 5.41) is 2.24. The molecule has 0 radical (unpaired) electrons. The van der Waals surface area contributed by atoms with Crippen molar-refractivity contribution in [1.29, 1.82) is 0 Å². The molecule has 3 rings (SSSR count). The molecule has 2 amide bonds. The summed E-state index contributed by atoms with van der Waals surface area (Å²) in [5.41, 5.74) is 0.255. The van der Waals surface area contributed by atoms with Crippen molar-refractivity contribution in [2.45, 2.75) is 6.42 Å². The van der Waals surface area contributed by atoms with Crippen LogP contribution < -0.4 is 10.2 Å². The molecular weight excluding hydrogens is 314 g/mol. The number of benzene rings is 2. The summed E-state index contributed by atoms with van der Waals surface area (Å²) in [6.45, 7) is 0. The number of anilines is 2. The number of hydrogen-bond acceptors (Lipinski definition) is 2. The van der Waals surface area contributed by atoms with E-state index in [2.05, 4.69) is 5.32 Å². The maximum Gasteiger partial charge on any atom is 0.230 e. The van der Waals surface area contributed by atoms with Gasteiger partial charge in [0.05, 0.1) is 11.8 Å². The van der Waals surface area contributed by atoms with Gasteiger partial charge in [-0.1, -0.05) is 24.3 Å². The van der Waals surface area contributed by atoms with Crippen LogP contribution in [0.2, 0.25) is 0 Å². The lowest BCUT2D eigenvalue weighted by atomic mass is 10.2. The van der Waals surface area contributed by atoms with Gasteiger partial charge in [0, 0.05) is 12.7 Å². The van der Waals surface area contributed by atoms with Crippen LogP contribution in [0.25, 0.3) is 0 Å². The van der Waals surface area contributed by atoms with Gasteiger partial charge in [0.15, 0.2) is 0 Å². The van der Waals surface area contributed by atoms with Gasteiger partial charge in [0.1, 0.15) is 17.3 Å². The lowest BCUT2D eigenvalue weighted by molar-refractivity contribution is -0.123. The second kappa shape index (κ2) is 6.39. The third-order valence-electron chi connectivity index (χ3n) is 4.13. The van der Waals surface area contributed by atoms with Crippen LogP contribution in [0.1, 0.15) is 6.42 Å². The zero-order valence-electron chi connectivity index (χ0n) is 13.0. The fourth-order valence-corrected chi connectivity index (χ4v) is 2.62. The summed E-state index contributed by atoms with van der Waals surface area (Å²) >= 11 is 0. The molecule has 1 saturated carbocycles. The van der Waals surface area contributed by atoms with Crippen molar-refractivity contribution in [3.8, 4) is 0 Å². The highest BCUT2D eigenvalue weighted by molar-refractivity contribution is 6.04. The minimum absolute atomic E-state index is 0.185. The Hall–Kier alpha value is -2.76. The van der Waals surface area contributed by atoms with Gasteiger partial charge in [-0.2, -0.15) is 0 Å². The molecule has 2 aromatic carbocycles. The lowest BCUT2D eigenvalue weighted by Crippen LogP contribution is -2.29. The van der Waals surface area contributed by atoms with Gasteiger partial charge in [-0.25, -0.2) is 8.78 Å². The maximum atomic E-state index is 13.6. The molecule has 1 aliphatic rings. The minimum atomic E-state index is -0.840. The van der Waals surface area contributed by atoms with Crippen molar-refractivity contribution in [3.63, 3.8) is 0 Å². The predicted molar refractivity (Wildman–Crippen MR) is 86.4 cm³/mol. The highest BCUT2D eigenvalue weighted by Crippen LogP contribution is 2.41. The van der Waals surface area contributed by atoms with E-state index in [4.69, 9.17) is 0 Å². The standard InChI is InChI=1S/C18H16F2N2O2/c1-22(11-6-3-2-4-7-11)18(24)13-10-12(13)17(23)21-16-14(19)8-5-9-15(16)20/h2-9,12-13H,10H2,1H3,(H,21,23). The number of para-hydroxylation sites is 2. The molecule has 1 aliphatic carbocycles. The summed E-state index contributed by atoms with van der Waals surface area (Å²) in [7, 11) is 1.64. The van der Waals surface area contributed by atoms with Gasteiger partial charge >= 0.3 is 0 Å². The Kier molecular flexibility index (Phi) is 4.29. The lowest BCUT2D eigenvalue weighted by Gasteiger charge is -2.17. The molecular formula is C18H16F2N2O2. The number of amides is 2. The quantitative estimate of drug-likeness (QED) is 0.936. The Bertz CT molecular complexity index is 760. The molecule has 1 fully saturated rings. The number of carbonyl (C=O) groups is 2. The number of rotatable bonds is 4. The number of carbonyl (C=O) groups excluding carboxylic acids is 2. The Balaban J connectivity index is 1.64. The highest BCUT2D eigenvalue weighted by Gasteiger charge is 2.49. The van der Waals surface area contributed by atoms with Gasteiger partial charge in [-0.15, -0.1) is 0 Å². The fraction of sp³-hybridized carbons (Fsp3) is 0.222. The van der Waals surface area contributed by atoms with Crippen LogP contribution in [-0.2, 0) is 9.59 Å². The molecule has 6 heteroatoms. The smallest absolute Gasteiger partial charge is 0.230 e. The van der Waals surface area contributed by atoms with E-state index >= 15 is 0 Å². The molecule has 0 bridgehead atoms. The first-order valence-corrected chi connectivity index (χ1v) is 7.56. The van der Waals surface area contributed by atoms with E-state index in [0.29, 0.717) is 6.42 Å². The van der Waals surface area contributed by atoms with E-state index in [1.165, 1.54) is 11.0 Å². The molecule has 4 nitrogen and oxygen atoms in total. The van der Waals surface area contributed by atoms with E-state index in [-0.39, 0.29) is 5.91 Å². The van der Waals surface area contributed by atoms with Crippen LogP contribution in [-0.4, -0.2) is 18.9 Å². The first-order valence-electron chi connectivity index (χ1n) is 7.56. The van der Waals surface area contributed by atoms with Crippen molar-refractivity contribution < 1.29 is 18.4 Å². The molecule has 2 unspecified atom stereocenters. The molecule has 0 aliphatic heterocycles. The molecule has 0 saturated heterocycles. The third kappa shape index (κ3) is 3.13. The van der Waals surface area contributed by atoms with Crippen LogP contribution in [0.4, 0.5) is 20.2 Å². The predicted octanol–water partition coefficient (Wildman–Crippen LogP) is 3.20. The summed E-state index contributed by atoms with van der Waals surface area (Å²) in [5.74, 6) is -3.44. The zero-order chi connectivity index (χ0) is 17.3. The Morgan fingerprint density at radius 1 is 1.00 bits per heavy atom. The van der Waals surface area contributed by atoms with Crippen LogP contribution >= 0.6 is 0 Å². The first kappa shape index (κ1) is 16.1. The van der Waals surface area contributed by atoms with Gasteiger partial charge in [0.25, 0.3) is 0 Å². The largest absolute Gasteiger partial charge is 0.321 e. The molecule has 124 valence electrons. The molecule has 0 spiro atoms. The van der Waals surface area contributed by atoms with Crippen LogP contribution in [0.3, 0.4) is 0 Å². The van der Waals surface area contributed by atoms with Gasteiger partial charge in [0.2, 0.25) is 11.8 Å². The summed E-state index contributed by atoms with van der Waals surface area (Å²) in [6, 6.07) is 12.4. The first-order chi connectivity index (χ1) is 11.5. The van der Waals surface area contributed by atoms with Crippen molar-refractivity contribution in [1.82, 2.24) is 0 Å². The summed E-state index contributed by atoms with van der Waals surface area (Å²) in [6.07, 6.45) is 0.373. The molecule has 0 heterocycles. The van der Waals surface area contributed by atoms with E-state index in [9.17, 15) is 18.4 Å². The van der Waals surface area contributed by atoms with Crippen molar-refractivity contribution >= 4 is 23.2 Å². The Morgan fingerprint density at radius 2 is 1.62 bits per heavy atom. The Morgan fingerprint density at radius 3 is 2.25 bits per heavy atom. The summed E-state index contributed by atoms with van der Waals surface area (Å²) < 4.78 is 27.1. The van der Waals surface area contributed by atoms with E-state index in [0.717, 1.165) is 17.8 Å². The van der Waals surface area contributed by atoms with Crippen LogP contribution in [0.15, 0.2) is 48.5 Å².